The predicted octanol–water partition coefficient (Wildman–Crippen LogP) is 2.96. The summed E-state index contributed by atoms with van der Waals surface area (Å²) in [6.07, 6.45) is 1.70. The van der Waals surface area contributed by atoms with Gasteiger partial charge in [0.05, 0.1) is 36.1 Å². The van der Waals surface area contributed by atoms with Crippen molar-refractivity contribution in [1.82, 2.24) is 15.0 Å². The maximum absolute atomic E-state index is 14.8. The first-order valence-corrected chi connectivity index (χ1v) is 11.0. The lowest BCUT2D eigenvalue weighted by Gasteiger charge is -2.32. The lowest BCUT2D eigenvalue weighted by atomic mass is 9.91. The SMILES string of the molecule is Cc1c(C(C)(C)O)cnc2c(C)cc(-c3nc(N[C@@H]4C[C@H]5CO[C@H](O5)[C@H]4O)ncc3F)cc12. The summed E-state index contributed by atoms with van der Waals surface area (Å²) in [5, 5.41) is 24.9. The van der Waals surface area contributed by atoms with E-state index in [9.17, 15) is 14.6 Å². The van der Waals surface area contributed by atoms with Crippen molar-refractivity contribution in [3.63, 3.8) is 0 Å². The van der Waals surface area contributed by atoms with Crippen LogP contribution in [0.1, 0.15) is 37.0 Å². The second-order valence-electron chi connectivity index (χ2n) is 9.37. The Morgan fingerprint density at radius 3 is 2.73 bits per heavy atom. The summed E-state index contributed by atoms with van der Waals surface area (Å²) in [5.41, 5.74) is 2.92. The van der Waals surface area contributed by atoms with Crippen molar-refractivity contribution in [1.29, 1.82) is 0 Å². The number of hydrogen-bond acceptors (Lipinski definition) is 8. The fourth-order valence-electron chi connectivity index (χ4n) is 4.70. The van der Waals surface area contributed by atoms with Crippen LogP contribution in [0, 0.1) is 19.7 Å². The first kappa shape index (κ1) is 22.1. The maximum Gasteiger partial charge on any atom is 0.223 e. The minimum Gasteiger partial charge on any atom is -0.386 e. The zero-order chi connectivity index (χ0) is 23.5. The second kappa shape index (κ2) is 7.95. The van der Waals surface area contributed by atoms with Crippen LogP contribution in [0.4, 0.5) is 10.3 Å². The molecule has 2 aliphatic heterocycles. The molecule has 0 aliphatic carbocycles. The number of ether oxygens (including phenoxy) is 2. The monoisotopic (exact) mass is 454 g/mol. The summed E-state index contributed by atoms with van der Waals surface area (Å²) < 4.78 is 25.8. The molecular weight excluding hydrogens is 427 g/mol. The Labute approximate surface area is 190 Å². The first-order chi connectivity index (χ1) is 15.6. The quantitative estimate of drug-likeness (QED) is 0.552. The van der Waals surface area contributed by atoms with Crippen LogP contribution in [0.25, 0.3) is 22.2 Å². The summed E-state index contributed by atoms with van der Waals surface area (Å²) in [6, 6.07) is 3.31. The van der Waals surface area contributed by atoms with Gasteiger partial charge >= 0.3 is 0 Å². The molecule has 0 spiro atoms. The highest BCUT2D eigenvalue weighted by molar-refractivity contribution is 5.90. The molecule has 0 saturated carbocycles. The van der Waals surface area contributed by atoms with Crippen LogP contribution >= 0.6 is 0 Å². The first-order valence-electron chi connectivity index (χ1n) is 11.0. The summed E-state index contributed by atoms with van der Waals surface area (Å²) >= 11 is 0. The third kappa shape index (κ3) is 3.95. The smallest absolute Gasteiger partial charge is 0.223 e. The Hall–Kier alpha value is -2.72. The minimum atomic E-state index is -1.06. The zero-order valence-corrected chi connectivity index (χ0v) is 19.0. The number of halogens is 1. The van der Waals surface area contributed by atoms with Crippen molar-refractivity contribution in [3.8, 4) is 11.3 Å². The topological polar surface area (TPSA) is 110 Å². The molecule has 33 heavy (non-hydrogen) atoms. The van der Waals surface area contributed by atoms with Crippen molar-refractivity contribution >= 4 is 16.9 Å². The Bertz CT molecular complexity index is 1230. The zero-order valence-electron chi connectivity index (χ0n) is 19.0. The van der Waals surface area contributed by atoms with E-state index < -0.39 is 23.8 Å². The third-order valence-electron chi connectivity index (χ3n) is 6.40. The van der Waals surface area contributed by atoms with Gasteiger partial charge in [-0.2, -0.15) is 0 Å². The van der Waals surface area contributed by atoms with Gasteiger partial charge in [0, 0.05) is 22.7 Å². The van der Waals surface area contributed by atoms with Gasteiger partial charge in [-0.25, -0.2) is 14.4 Å². The van der Waals surface area contributed by atoms with Gasteiger partial charge in [0.2, 0.25) is 5.95 Å². The Balaban J connectivity index is 1.53. The van der Waals surface area contributed by atoms with E-state index in [1.807, 2.05) is 26.0 Å². The average Bonchev–Trinajstić information content (AvgIpc) is 3.16. The predicted molar refractivity (Wildman–Crippen MR) is 120 cm³/mol. The number of aliphatic hydroxyl groups excluding tert-OH is 1. The molecule has 174 valence electrons. The Morgan fingerprint density at radius 2 is 1.97 bits per heavy atom. The highest BCUT2D eigenvalue weighted by Gasteiger charge is 2.43. The molecular formula is C24H27FN4O4. The number of aromatic nitrogens is 3. The van der Waals surface area contributed by atoms with Crippen LogP contribution in [-0.2, 0) is 15.1 Å². The van der Waals surface area contributed by atoms with Crippen LogP contribution < -0.4 is 5.32 Å². The number of aliphatic hydroxyl groups is 2. The molecule has 1 aromatic carbocycles. The van der Waals surface area contributed by atoms with Crippen LogP contribution in [-0.4, -0.2) is 56.3 Å². The molecule has 0 amide bonds. The molecule has 4 atom stereocenters. The molecule has 5 rings (SSSR count). The van der Waals surface area contributed by atoms with Crippen LogP contribution in [0.15, 0.2) is 24.5 Å². The van der Waals surface area contributed by atoms with E-state index in [0.29, 0.717) is 24.2 Å². The number of benzene rings is 1. The van der Waals surface area contributed by atoms with Crippen molar-refractivity contribution < 1.29 is 24.1 Å². The third-order valence-corrected chi connectivity index (χ3v) is 6.40. The number of fused-ring (bicyclic) bond motifs is 3. The lowest BCUT2D eigenvalue weighted by molar-refractivity contribution is -0.156. The molecule has 8 nitrogen and oxygen atoms in total. The molecule has 2 aliphatic rings. The van der Waals surface area contributed by atoms with Gasteiger partial charge in [-0.15, -0.1) is 0 Å². The minimum absolute atomic E-state index is 0.0978. The van der Waals surface area contributed by atoms with Crippen molar-refractivity contribution in [2.45, 2.75) is 64.3 Å². The van der Waals surface area contributed by atoms with E-state index in [1.54, 1.807) is 20.0 Å². The molecule has 0 unspecified atom stereocenters. The molecule has 0 radical (unpaired) electrons. The van der Waals surface area contributed by atoms with E-state index >= 15 is 0 Å². The van der Waals surface area contributed by atoms with Gasteiger partial charge in [0.15, 0.2) is 12.1 Å². The molecule has 3 aromatic rings. The fraction of sp³-hybridized carbons (Fsp3) is 0.458. The van der Waals surface area contributed by atoms with Crippen molar-refractivity contribution in [2.24, 2.45) is 0 Å². The highest BCUT2D eigenvalue weighted by atomic mass is 19.1. The van der Waals surface area contributed by atoms with Gasteiger partial charge in [0.1, 0.15) is 11.8 Å². The summed E-state index contributed by atoms with van der Waals surface area (Å²) in [4.78, 5) is 13.0. The normalized spacial score (nSPS) is 24.9. The van der Waals surface area contributed by atoms with Crippen molar-refractivity contribution in [3.05, 3.63) is 47.0 Å². The second-order valence-corrected chi connectivity index (χ2v) is 9.37. The van der Waals surface area contributed by atoms with E-state index in [1.165, 1.54) is 0 Å². The molecule has 2 bridgehead atoms. The summed E-state index contributed by atoms with van der Waals surface area (Å²) in [7, 11) is 0. The number of nitrogens with one attached hydrogen (secondary N) is 1. The number of rotatable bonds is 4. The molecule has 2 saturated heterocycles. The highest BCUT2D eigenvalue weighted by Crippen LogP contribution is 2.34. The number of anilines is 1. The molecule has 3 N–H and O–H groups in total. The largest absolute Gasteiger partial charge is 0.386 e. The summed E-state index contributed by atoms with van der Waals surface area (Å²) in [5.74, 6) is -0.339. The molecule has 2 aromatic heterocycles. The van der Waals surface area contributed by atoms with Gasteiger partial charge < -0.3 is 25.0 Å². The van der Waals surface area contributed by atoms with Crippen molar-refractivity contribution in [2.75, 3.05) is 11.9 Å². The van der Waals surface area contributed by atoms with Crippen LogP contribution in [0.2, 0.25) is 0 Å². The maximum atomic E-state index is 14.8. The molecule has 4 heterocycles. The van der Waals surface area contributed by atoms with Crippen LogP contribution in [0.5, 0.6) is 0 Å². The fourth-order valence-corrected chi connectivity index (χ4v) is 4.70. The standard InChI is InChI=1S/C24H27FN4O4/c1-11-5-13(6-15-12(2)16(24(3,4)31)8-26-19(11)15)20-17(25)9-27-23(29-20)28-18-7-14-10-32-22(33-14)21(18)30/h5-6,8-9,14,18,21-22,30-31H,7,10H2,1-4H3,(H,27,28,29)/t14-,18+,21-,22+/m0/s1. The number of nitrogens with zero attached hydrogens (tertiary/aromatic N) is 3. The van der Waals surface area contributed by atoms with E-state index in [2.05, 4.69) is 20.3 Å². The number of aryl methyl sites for hydroxylation is 2. The van der Waals surface area contributed by atoms with Crippen LogP contribution in [0.3, 0.4) is 0 Å². The van der Waals surface area contributed by atoms with E-state index in [4.69, 9.17) is 9.47 Å². The number of hydrogen-bond donors (Lipinski definition) is 3. The van der Waals surface area contributed by atoms with E-state index in [0.717, 1.165) is 28.2 Å². The van der Waals surface area contributed by atoms with Gasteiger partial charge in [0.25, 0.3) is 0 Å². The Kier molecular flexibility index (Phi) is 5.32. The van der Waals surface area contributed by atoms with Gasteiger partial charge in [-0.05, 0) is 57.4 Å². The Morgan fingerprint density at radius 1 is 1.18 bits per heavy atom. The molecule has 9 heteroatoms. The average molecular weight is 455 g/mol. The lowest BCUT2D eigenvalue weighted by Crippen LogP contribution is -2.48. The van der Waals surface area contributed by atoms with E-state index in [-0.39, 0.29) is 23.8 Å². The molecule has 2 fully saturated rings. The summed E-state index contributed by atoms with van der Waals surface area (Å²) in [6.45, 7) is 7.69. The van der Waals surface area contributed by atoms with Gasteiger partial charge in [-0.1, -0.05) is 0 Å². The van der Waals surface area contributed by atoms with Gasteiger partial charge in [-0.3, -0.25) is 4.98 Å². The number of pyridine rings is 1.